The van der Waals surface area contributed by atoms with Crippen LogP contribution in [0.2, 0.25) is 0 Å². The molecule has 1 aromatic carbocycles. The Bertz CT molecular complexity index is 497. The van der Waals surface area contributed by atoms with Crippen molar-refractivity contribution in [3.8, 4) is 0 Å². The van der Waals surface area contributed by atoms with Crippen molar-refractivity contribution in [3.05, 3.63) is 35.6 Å². The summed E-state index contributed by atoms with van der Waals surface area (Å²) in [4.78, 5) is 14.1. The van der Waals surface area contributed by atoms with Gasteiger partial charge in [0.05, 0.1) is 6.42 Å². The zero-order chi connectivity index (χ0) is 13.4. The van der Waals surface area contributed by atoms with Gasteiger partial charge in [-0.25, -0.2) is 4.39 Å². The minimum absolute atomic E-state index is 0. The fourth-order valence-electron chi connectivity index (χ4n) is 3.44. The minimum atomic E-state index is -0.286. The molecule has 0 radical (unpaired) electrons. The predicted molar refractivity (Wildman–Crippen MR) is 78.1 cm³/mol. The van der Waals surface area contributed by atoms with Crippen LogP contribution < -0.4 is 5.73 Å². The topological polar surface area (TPSA) is 46.3 Å². The molecule has 110 valence electrons. The highest BCUT2D eigenvalue weighted by atomic mass is 35.5. The third kappa shape index (κ3) is 2.96. The lowest BCUT2D eigenvalue weighted by atomic mass is 9.98. The average molecular weight is 299 g/mol. The number of hydrogen-bond acceptors (Lipinski definition) is 2. The Labute approximate surface area is 124 Å². The van der Waals surface area contributed by atoms with Crippen molar-refractivity contribution < 1.29 is 9.18 Å². The van der Waals surface area contributed by atoms with Crippen LogP contribution in [0.4, 0.5) is 4.39 Å². The van der Waals surface area contributed by atoms with Gasteiger partial charge < -0.3 is 10.6 Å². The summed E-state index contributed by atoms with van der Waals surface area (Å²) in [6.07, 6.45) is 2.50. The monoisotopic (exact) mass is 298 g/mol. The molecule has 0 bridgehead atoms. The Morgan fingerprint density at radius 2 is 2.15 bits per heavy atom. The molecule has 1 aliphatic heterocycles. The Balaban J connectivity index is 0.00000147. The van der Waals surface area contributed by atoms with Crippen LogP contribution in [0.25, 0.3) is 0 Å². The number of nitrogens with two attached hydrogens (primary N) is 1. The van der Waals surface area contributed by atoms with Gasteiger partial charge in [-0.15, -0.1) is 12.4 Å². The second kappa shape index (κ2) is 6.10. The van der Waals surface area contributed by atoms with Gasteiger partial charge in [0.15, 0.2) is 0 Å². The van der Waals surface area contributed by atoms with Gasteiger partial charge in [-0.1, -0.05) is 12.1 Å². The van der Waals surface area contributed by atoms with Gasteiger partial charge in [0.1, 0.15) is 5.82 Å². The first-order valence-electron chi connectivity index (χ1n) is 6.91. The first-order valence-corrected chi connectivity index (χ1v) is 6.91. The molecule has 1 aromatic rings. The fraction of sp³-hybridized carbons (Fsp3) is 0.533. The quantitative estimate of drug-likeness (QED) is 0.907. The van der Waals surface area contributed by atoms with E-state index in [1.165, 1.54) is 12.1 Å². The maximum absolute atomic E-state index is 13.1. The number of fused-ring (bicyclic) bond motifs is 1. The van der Waals surface area contributed by atoms with Gasteiger partial charge >= 0.3 is 0 Å². The Morgan fingerprint density at radius 1 is 1.35 bits per heavy atom. The van der Waals surface area contributed by atoms with E-state index in [9.17, 15) is 9.18 Å². The van der Waals surface area contributed by atoms with Crippen molar-refractivity contribution >= 4 is 18.3 Å². The number of likely N-dealkylation sites (tertiary alicyclic amines) is 1. The van der Waals surface area contributed by atoms with Gasteiger partial charge in [-0.05, 0) is 42.4 Å². The van der Waals surface area contributed by atoms with Gasteiger partial charge in [-0.3, -0.25) is 4.79 Å². The summed E-state index contributed by atoms with van der Waals surface area (Å²) in [5.41, 5.74) is 6.81. The third-order valence-corrected chi connectivity index (χ3v) is 4.51. The highest BCUT2D eigenvalue weighted by Gasteiger charge is 2.42. The van der Waals surface area contributed by atoms with E-state index in [2.05, 4.69) is 0 Å². The molecule has 1 aliphatic carbocycles. The molecule has 20 heavy (non-hydrogen) atoms. The summed E-state index contributed by atoms with van der Waals surface area (Å²) in [5.74, 6) is 0.848. The number of halogens is 2. The van der Waals surface area contributed by atoms with Crippen molar-refractivity contribution in [2.45, 2.75) is 25.3 Å². The smallest absolute Gasteiger partial charge is 0.227 e. The van der Waals surface area contributed by atoms with E-state index in [0.29, 0.717) is 11.8 Å². The molecule has 3 rings (SSSR count). The lowest BCUT2D eigenvalue weighted by Gasteiger charge is -2.18. The molecule has 1 amide bonds. The molecule has 0 aromatic heterocycles. The molecule has 3 atom stereocenters. The lowest BCUT2D eigenvalue weighted by molar-refractivity contribution is -0.129. The lowest BCUT2D eigenvalue weighted by Crippen LogP contribution is -2.34. The molecule has 1 heterocycles. The van der Waals surface area contributed by atoms with Crippen LogP contribution in [0.1, 0.15) is 18.4 Å². The van der Waals surface area contributed by atoms with Gasteiger partial charge in [0.25, 0.3) is 0 Å². The van der Waals surface area contributed by atoms with Crippen LogP contribution >= 0.6 is 12.4 Å². The van der Waals surface area contributed by atoms with Crippen LogP contribution in [0, 0.1) is 17.7 Å². The van der Waals surface area contributed by atoms with E-state index >= 15 is 0 Å². The highest BCUT2D eigenvalue weighted by molar-refractivity contribution is 5.85. The number of rotatable bonds is 2. The Kier molecular flexibility index (Phi) is 4.66. The van der Waals surface area contributed by atoms with E-state index in [1.807, 2.05) is 4.90 Å². The molecule has 3 unspecified atom stereocenters. The molecule has 2 fully saturated rings. The Hall–Kier alpha value is -1.13. The van der Waals surface area contributed by atoms with E-state index in [1.54, 1.807) is 12.1 Å². The molecule has 2 N–H and O–H groups in total. The highest BCUT2D eigenvalue weighted by Crippen LogP contribution is 2.37. The average Bonchev–Trinajstić information content (AvgIpc) is 2.92. The van der Waals surface area contributed by atoms with E-state index in [-0.39, 0.29) is 36.6 Å². The van der Waals surface area contributed by atoms with Crippen LogP contribution in [0.15, 0.2) is 24.3 Å². The number of hydrogen-bond donors (Lipinski definition) is 1. The first kappa shape index (κ1) is 15.3. The molecule has 1 saturated heterocycles. The summed E-state index contributed by atoms with van der Waals surface area (Å²) in [6.45, 7) is 1.60. The fourth-order valence-corrected chi connectivity index (χ4v) is 3.44. The summed E-state index contributed by atoms with van der Waals surface area (Å²) in [5, 5.41) is 0. The van der Waals surface area contributed by atoms with Crippen molar-refractivity contribution in [3.63, 3.8) is 0 Å². The SMILES string of the molecule is Cl.NC1CCC2CN(C(=O)Cc3cccc(F)c3)CC12. The van der Waals surface area contributed by atoms with E-state index in [4.69, 9.17) is 5.73 Å². The second-order valence-electron chi connectivity index (χ2n) is 5.77. The normalized spacial score (nSPS) is 28.1. The second-order valence-corrected chi connectivity index (χ2v) is 5.77. The summed E-state index contributed by atoms with van der Waals surface area (Å²) in [7, 11) is 0. The maximum atomic E-state index is 13.1. The van der Waals surface area contributed by atoms with Crippen LogP contribution in [-0.4, -0.2) is 29.9 Å². The largest absolute Gasteiger partial charge is 0.342 e. The summed E-state index contributed by atoms with van der Waals surface area (Å²) >= 11 is 0. The number of benzene rings is 1. The standard InChI is InChI=1S/C15H19FN2O.ClH/c16-12-3-1-2-10(6-12)7-15(19)18-8-11-4-5-14(17)13(11)9-18;/h1-3,6,11,13-14H,4-5,7-9,17H2;1H. The molecule has 1 saturated carbocycles. The van der Waals surface area contributed by atoms with Crippen molar-refractivity contribution in [1.29, 1.82) is 0 Å². The zero-order valence-electron chi connectivity index (χ0n) is 11.3. The molecule has 3 nitrogen and oxygen atoms in total. The van der Waals surface area contributed by atoms with Crippen LogP contribution in [0.3, 0.4) is 0 Å². The summed E-state index contributed by atoms with van der Waals surface area (Å²) in [6, 6.07) is 6.52. The first-order chi connectivity index (χ1) is 9.13. The molecular formula is C15H20ClFN2O. The van der Waals surface area contributed by atoms with E-state index < -0.39 is 0 Å². The third-order valence-electron chi connectivity index (χ3n) is 4.51. The summed E-state index contributed by atoms with van der Waals surface area (Å²) < 4.78 is 13.1. The molecule has 0 spiro atoms. The van der Waals surface area contributed by atoms with E-state index in [0.717, 1.165) is 31.5 Å². The number of carbonyl (C=O) groups is 1. The van der Waals surface area contributed by atoms with Crippen molar-refractivity contribution in [2.75, 3.05) is 13.1 Å². The van der Waals surface area contributed by atoms with Gasteiger partial charge in [0, 0.05) is 19.1 Å². The number of amides is 1. The number of nitrogens with zero attached hydrogens (tertiary/aromatic N) is 1. The Morgan fingerprint density at radius 3 is 2.85 bits per heavy atom. The van der Waals surface area contributed by atoms with Crippen molar-refractivity contribution in [1.82, 2.24) is 4.90 Å². The van der Waals surface area contributed by atoms with Crippen LogP contribution in [0.5, 0.6) is 0 Å². The number of carbonyl (C=O) groups excluding carboxylic acids is 1. The predicted octanol–water partition coefficient (Wildman–Crippen LogP) is 1.99. The molecule has 5 heteroatoms. The minimum Gasteiger partial charge on any atom is -0.342 e. The van der Waals surface area contributed by atoms with Gasteiger partial charge in [-0.2, -0.15) is 0 Å². The molecule has 2 aliphatic rings. The molecular weight excluding hydrogens is 279 g/mol. The van der Waals surface area contributed by atoms with Crippen LogP contribution in [-0.2, 0) is 11.2 Å². The van der Waals surface area contributed by atoms with Crippen molar-refractivity contribution in [2.24, 2.45) is 17.6 Å². The maximum Gasteiger partial charge on any atom is 0.227 e. The zero-order valence-corrected chi connectivity index (χ0v) is 12.1. The van der Waals surface area contributed by atoms with Gasteiger partial charge in [0.2, 0.25) is 5.91 Å².